The minimum absolute atomic E-state index is 0.0497. The number of Topliss-reactive ketones (excluding diaryl/α,β-unsaturated/α-hetero) is 1. The molecular weight excluding hydrogens is 460 g/mol. The summed E-state index contributed by atoms with van der Waals surface area (Å²) in [5.74, 6) is 2.75. The molecule has 1 unspecified atom stereocenters. The van der Waals surface area contributed by atoms with E-state index in [0.29, 0.717) is 42.3 Å². The molecular formula is C33H56O4. The Balaban J connectivity index is 1.34. The molecule has 1 N–H and O–H groups in total. The fourth-order valence-corrected chi connectivity index (χ4v) is 9.91. The van der Waals surface area contributed by atoms with Crippen LogP contribution in [0.2, 0.25) is 0 Å². The summed E-state index contributed by atoms with van der Waals surface area (Å²) in [4.78, 5) is 25.5. The number of esters is 1. The number of hydrogen-bond donors (Lipinski definition) is 1. The SMILES string of the molecule is CCCCCCCCCCCC(=O)OC1C[C@@H](O)C[C@@H]2CC[C@@H]3[C@@H]4CC[C@H](C(C)=O)[C@@]4(C)CC[C@@H]3[C@@]12C. The smallest absolute Gasteiger partial charge is 0.306 e. The number of rotatable bonds is 12. The van der Waals surface area contributed by atoms with Gasteiger partial charge in [-0.2, -0.15) is 0 Å². The Morgan fingerprint density at radius 3 is 2.19 bits per heavy atom. The van der Waals surface area contributed by atoms with Crippen molar-refractivity contribution in [2.24, 2.45) is 40.4 Å². The van der Waals surface area contributed by atoms with Crippen LogP contribution in [0.3, 0.4) is 0 Å². The first-order valence-electron chi connectivity index (χ1n) is 16.1. The van der Waals surface area contributed by atoms with Crippen molar-refractivity contribution in [2.45, 2.75) is 155 Å². The average Bonchev–Trinajstić information content (AvgIpc) is 3.21. The van der Waals surface area contributed by atoms with Crippen LogP contribution in [-0.2, 0) is 14.3 Å². The van der Waals surface area contributed by atoms with Gasteiger partial charge in [0.1, 0.15) is 11.9 Å². The molecule has 0 aromatic carbocycles. The topological polar surface area (TPSA) is 63.6 Å². The van der Waals surface area contributed by atoms with Gasteiger partial charge in [-0.15, -0.1) is 0 Å². The maximum absolute atomic E-state index is 13.0. The summed E-state index contributed by atoms with van der Waals surface area (Å²) in [6, 6.07) is 0. The number of hydrogen-bond acceptors (Lipinski definition) is 4. The van der Waals surface area contributed by atoms with Crippen molar-refractivity contribution in [1.29, 1.82) is 0 Å². The lowest BCUT2D eigenvalue weighted by molar-refractivity contribution is -0.202. The molecule has 0 amide bonds. The highest BCUT2D eigenvalue weighted by molar-refractivity contribution is 5.79. The van der Waals surface area contributed by atoms with Gasteiger partial charge in [0, 0.05) is 24.2 Å². The van der Waals surface area contributed by atoms with Crippen LogP contribution >= 0.6 is 0 Å². The first-order valence-corrected chi connectivity index (χ1v) is 16.1. The van der Waals surface area contributed by atoms with E-state index in [2.05, 4.69) is 20.8 Å². The van der Waals surface area contributed by atoms with Gasteiger partial charge < -0.3 is 9.84 Å². The minimum Gasteiger partial charge on any atom is -0.462 e. The molecule has 0 radical (unpaired) electrons. The van der Waals surface area contributed by atoms with E-state index in [9.17, 15) is 14.7 Å². The molecule has 4 nitrogen and oxygen atoms in total. The van der Waals surface area contributed by atoms with Gasteiger partial charge in [0.15, 0.2) is 0 Å². The van der Waals surface area contributed by atoms with Gasteiger partial charge in [-0.3, -0.25) is 9.59 Å². The van der Waals surface area contributed by atoms with Crippen molar-refractivity contribution < 1.29 is 19.4 Å². The second kappa shape index (κ2) is 12.5. The number of carbonyl (C=O) groups is 2. The van der Waals surface area contributed by atoms with Crippen molar-refractivity contribution in [2.75, 3.05) is 0 Å². The lowest BCUT2D eigenvalue weighted by Crippen LogP contribution is -2.60. The number of aliphatic hydroxyl groups excluding tert-OH is 1. The van der Waals surface area contributed by atoms with Crippen LogP contribution in [0.5, 0.6) is 0 Å². The Morgan fingerprint density at radius 1 is 0.838 bits per heavy atom. The monoisotopic (exact) mass is 516 g/mol. The number of carbonyl (C=O) groups excluding carboxylic acids is 2. The minimum atomic E-state index is -0.359. The second-order valence-corrected chi connectivity index (χ2v) is 14.0. The molecule has 4 fully saturated rings. The van der Waals surface area contributed by atoms with Gasteiger partial charge in [0.2, 0.25) is 0 Å². The second-order valence-electron chi connectivity index (χ2n) is 14.0. The van der Waals surface area contributed by atoms with Crippen molar-refractivity contribution in [1.82, 2.24) is 0 Å². The molecule has 4 aliphatic carbocycles. The first-order chi connectivity index (χ1) is 17.7. The lowest BCUT2D eigenvalue weighted by atomic mass is 9.44. The van der Waals surface area contributed by atoms with Crippen molar-refractivity contribution >= 4 is 11.8 Å². The molecule has 0 heterocycles. The van der Waals surface area contributed by atoms with E-state index in [-0.39, 0.29) is 34.9 Å². The fourth-order valence-electron chi connectivity index (χ4n) is 9.91. The summed E-state index contributed by atoms with van der Waals surface area (Å²) < 4.78 is 6.30. The van der Waals surface area contributed by atoms with Crippen LogP contribution in [0.15, 0.2) is 0 Å². The molecule has 4 rings (SSSR count). The van der Waals surface area contributed by atoms with Gasteiger partial charge in [0.25, 0.3) is 0 Å². The third kappa shape index (κ3) is 5.99. The summed E-state index contributed by atoms with van der Waals surface area (Å²) in [6.45, 7) is 8.85. The van der Waals surface area contributed by atoms with E-state index >= 15 is 0 Å². The van der Waals surface area contributed by atoms with Crippen LogP contribution in [0.4, 0.5) is 0 Å². The summed E-state index contributed by atoms with van der Waals surface area (Å²) >= 11 is 0. The van der Waals surface area contributed by atoms with Crippen molar-refractivity contribution in [3.63, 3.8) is 0 Å². The molecule has 0 bridgehead atoms. The predicted octanol–water partition coefficient (Wildman–Crippen LogP) is 8.04. The zero-order chi connectivity index (χ0) is 26.6. The normalized spacial score (nSPS) is 40.9. The van der Waals surface area contributed by atoms with Gasteiger partial charge >= 0.3 is 5.97 Å². The van der Waals surface area contributed by atoms with Crippen molar-refractivity contribution in [3.8, 4) is 0 Å². The molecule has 212 valence electrons. The van der Waals surface area contributed by atoms with Crippen LogP contribution < -0.4 is 0 Å². The van der Waals surface area contributed by atoms with E-state index in [1.807, 2.05) is 0 Å². The zero-order valence-electron chi connectivity index (χ0n) is 24.4. The van der Waals surface area contributed by atoms with Crippen molar-refractivity contribution in [3.05, 3.63) is 0 Å². The summed E-state index contributed by atoms with van der Waals surface area (Å²) in [5.41, 5.74) is 0.0957. The van der Waals surface area contributed by atoms with Gasteiger partial charge in [-0.1, -0.05) is 72.1 Å². The number of ether oxygens (including phenoxy) is 1. The van der Waals surface area contributed by atoms with E-state index in [1.165, 1.54) is 57.8 Å². The molecule has 9 atom stereocenters. The molecule has 4 heteroatoms. The standard InChI is InChI=1S/C33H56O4/c1-5-6-7-8-9-10-11-12-13-14-31(36)37-30-22-25(35)21-24-15-16-26-28-18-17-27(23(2)34)32(28,3)20-19-29(26)33(24,30)4/h24-30,35H,5-22H2,1-4H3/t24-,25-,26+,27+,28-,29-,30?,32+,33-/m0/s1. The van der Waals surface area contributed by atoms with Crippen LogP contribution in [-0.4, -0.2) is 29.1 Å². The molecule has 0 aromatic heterocycles. The predicted molar refractivity (Wildman–Crippen MR) is 149 cm³/mol. The Kier molecular flexibility index (Phi) is 9.84. The van der Waals surface area contributed by atoms with Crippen LogP contribution in [0, 0.1) is 40.4 Å². The van der Waals surface area contributed by atoms with Crippen LogP contribution in [0.1, 0.15) is 143 Å². The first kappa shape index (κ1) is 29.1. The van der Waals surface area contributed by atoms with Gasteiger partial charge in [-0.25, -0.2) is 0 Å². The summed E-state index contributed by atoms with van der Waals surface area (Å²) in [6.07, 6.45) is 19.4. The largest absolute Gasteiger partial charge is 0.462 e. The highest BCUT2D eigenvalue weighted by Gasteiger charge is 2.63. The number of aliphatic hydroxyl groups is 1. The number of ketones is 1. The highest BCUT2D eigenvalue weighted by Crippen LogP contribution is 2.67. The van der Waals surface area contributed by atoms with Gasteiger partial charge in [0.05, 0.1) is 6.10 Å². The van der Waals surface area contributed by atoms with E-state index in [0.717, 1.165) is 44.9 Å². The molecule has 0 aliphatic heterocycles. The molecule has 0 saturated heterocycles. The highest BCUT2D eigenvalue weighted by atomic mass is 16.5. The maximum atomic E-state index is 13.0. The summed E-state index contributed by atoms with van der Waals surface area (Å²) in [5, 5.41) is 10.8. The molecule has 4 aliphatic rings. The maximum Gasteiger partial charge on any atom is 0.306 e. The molecule has 4 saturated carbocycles. The summed E-state index contributed by atoms with van der Waals surface area (Å²) in [7, 11) is 0. The Bertz CT molecular complexity index is 778. The van der Waals surface area contributed by atoms with E-state index in [1.54, 1.807) is 6.92 Å². The Hall–Kier alpha value is -0.900. The van der Waals surface area contributed by atoms with E-state index < -0.39 is 0 Å². The van der Waals surface area contributed by atoms with E-state index in [4.69, 9.17) is 4.74 Å². The number of unbranched alkanes of at least 4 members (excludes halogenated alkanes) is 8. The Morgan fingerprint density at radius 2 is 1.51 bits per heavy atom. The average molecular weight is 517 g/mol. The lowest BCUT2D eigenvalue weighted by Gasteiger charge is -2.62. The quantitative estimate of drug-likeness (QED) is 0.211. The third-order valence-electron chi connectivity index (χ3n) is 11.9. The Labute approximate surface area is 227 Å². The van der Waals surface area contributed by atoms with Gasteiger partial charge in [-0.05, 0) is 87.4 Å². The molecule has 37 heavy (non-hydrogen) atoms. The molecule has 0 spiro atoms. The van der Waals surface area contributed by atoms with Crippen LogP contribution in [0.25, 0.3) is 0 Å². The third-order valence-corrected chi connectivity index (χ3v) is 11.9. The fraction of sp³-hybridized carbons (Fsp3) is 0.939. The zero-order valence-corrected chi connectivity index (χ0v) is 24.4. The number of fused-ring (bicyclic) bond motifs is 5. The molecule has 0 aromatic rings.